The molecule has 0 bridgehead atoms. The summed E-state index contributed by atoms with van der Waals surface area (Å²) in [6, 6.07) is 16.6. The average Bonchev–Trinajstić information content (AvgIpc) is 3.48. The number of carbonyl (C=O) groups is 2. The zero-order valence-electron chi connectivity index (χ0n) is 16.1. The van der Waals surface area contributed by atoms with Gasteiger partial charge in [-0.1, -0.05) is 35.5 Å². The van der Waals surface area contributed by atoms with E-state index in [2.05, 4.69) is 15.1 Å². The van der Waals surface area contributed by atoms with Gasteiger partial charge in [0, 0.05) is 43.4 Å². The summed E-state index contributed by atoms with van der Waals surface area (Å²) in [6.45, 7) is 1.81. The summed E-state index contributed by atoms with van der Waals surface area (Å²) in [6.07, 6.45) is 1.61. The molecule has 0 unspecified atom stereocenters. The number of fused-ring (bicyclic) bond motifs is 1. The molecule has 3 heterocycles. The third kappa shape index (κ3) is 3.32. The maximum absolute atomic E-state index is 12.8. The lowest BCUT2D eigenvalue weighted by atomic mass is 10.1. The average molecular weight is 401 g/mol. The number of carbonyl (C=O) groups excluding carboxylic acids is 2. The van der Waals surface area contributed by atoms with E-state index in [0.29, 0.717) is 37.4 Å². The molecule has 0 spiro atoms. The quantitative estimate of drug-likeness (QED) is 0.570. The second kappa shape index (κ2) is 7.47. The van der Waals surface area contributed by atoms with Crippen molar-refractivity contribution >= 4 is 22.8 Å². The van der Waals surface area contributed by atoms with Gasteiger partial charge in [-0.2, -0.15) is 0 Å². The van der Waals surface area contributed by atoms with E-state index >= 15 is 0 Å². The summed E-state index contributed by atoms with van der Waals surface area (Å²) >= 11 is 0. The number of aromatic amines is 1. The van der Waals surface area contributed by atoms with Crippen molar-refractivity contribution in [2.45, 2.75) is 0 Å². The summed E-state index contributed by atoms with van der Waals surface area (Å²) in [4.78, 5) is 36.3. The van der Waals surface area contributed by atoms with Crippen LogP contribution in [0.15, 0.2) is 65.4 Å². The number of piperazine rings is 1. The highest BCUT2D eigenvalue weighted by molar-refractivity contribution is 5.97. The number of imidazole rings is 1. The monoisotopic (exact) mass is 401 g/mol. The van der Waals surface area contributed by atoms with Crippen LogP contribution in [-0.4, -0.2) is 62.9 Å². The third-order valence-electron chi connectivity index (χ3n) is 5.31. The standard InChI is InChI=1S/C22H19N5O3/c28-21(16-6-7-17-19(12-16)24-14-23-17)26-8-10-27(11-9-26)22(29)20-13-18(25-30-20)15-4-2-1-3-5-15/h1-7,12-14H,8-11H2,(H,23,24). The molecular weight excluding hydrogens is 382 g/mol. The lowest BCUT2D eigenvalue weighted by Gasteiger charge is -2.34. The Balaban J connectivity index is 1.24. The van der Waals surface area contributed by atoms with Crippen molar-refractivity contribution in [3.05, 3.63) is 72.2 Å². The van der Waals surface area contributed by atoms with Crippen molar-refractivity contribution in [3.63, 3.8) is 0 Å². The first-order chi connectivity index (χ1) is 14.7. The smallest absolute Gasteiger partial charge is 0.292 e. The van der Waals surface area contributed by atoms with Gasteiger partial charge in [-0.3, -0.25) is 9.59 Å². The zero-order chi connectivity index (χ0) is 20.5. The Labute approximate surface area is 172 Å². The molecule has 4 aromatic rings. The number of rotatable bonds is 3. The summed E-state index contributed by atoms with van der Waals surface area (Å²) in [5.41, 5.74) is 3.78. The summed E-state index contributed by atoms with van der Waals surface area (Å²) in [5.74, 6) is -0.0568. The first-order valence-electron chi connectivity index (χ1n) is 9.73. The fourth-order valence-electron chi connectivity index (χ4n) is 3.64. The van der Waals surface area contributed by atoms with Crippen LogP contribution in [-0.2, 0) is 0 Å². The van der Waals surface area contributed by atoms with E-state index in [1.54, 1.807) is 28.3 Å². The lowest BCUT2D eigenvalue weighted by molar-refractivity contribution is 0.0513. The van der Waals surface area contributed by atoms with Crippen LogP contribution in [0.3, 0.4) is 0 Å². The highest BCUT2D eigenvalue weighted by Crippen LogP contribution is 2.20. The molecule has 8 nitrogen and oxygen atoms in total. The Kier molecular flexibility index (Phi) is 4.51. The van der Waals surface area contributed by atoms with Gasteiger partial charge in [0.15, 0.2) is 0 Å². The number of amides is 2. The van der Waals surface area contributed by atoms with Crippen LogP contribution < -0.4 is 0 Å². The molecule has 2 aromatic heterocycles. The molecule has 1 N–H and O–H groups in total. The Morgan fingerprint density at radius 2 is 1.63 bits per heavy atom. The number of nitrogens with zero attached hydrogens (tertiary/aromatic N) is 4. The van der Waals surface area contributed by atoms with E-state index in [-0.39, 0.29) is 17.6 Å². The van der Waals surface area contributed by atoms with E-state index in [4.69, 9.17) is 4.52 Å². The Morgan fingerprint density at radius 3 is 2.40 bits per heavy atom. The van der Waals surface area contributed by atoms with Gasteiger partial charge in [0.25, 0.3) is 11.8 Å². The molecule has 2 aromatic carbocycles. The molecule has 5 rings (SSSR count). The molecule has 8 heteroatoms. The van der Waals surface area contributed by atoms with Crippen LogP contribution in [0, 0.1) is 0 Å². The van der Waals surface area contributed by atoms with E-state index in [1.165, 1.54) is 0 Å². The Bertz CT molecular complexity index is 1210. The van der Waals surface area contributed by atoms with Gasteiger partial charge in [-0.05, 0) is 18.2 Å². The third-order valence-corrected chi connectivity index (χ3v) is 5.31. The number of hydrogen-bond donors (Lipinski definition) is 1. The van der Waals surface area contributed by atoms with Gasteiger partial charge in [-0.15, -0.1) is 0 Å². The number of benzene rings is 2. The zero-order valence-corrected chi connectivity index (χ0v) is 16.1. The molecule has 0 radical (unpaired) electrons. The van der Waals surface area contributed by atoms with Crippen LogP contribution in [0.2, 0.25) is 0 Å². The highest BCUT2D eigenvalue weighted by Gasteiger charge is 2.27. The van der Waals surface area contributed by atoms with Crippen molar-refractivity contribution in [3.8, 4) is 11.3 Å². The molecular formula is C22H19N5O3. The summed E-state index contributed by atoms with van der Waals surface area (Å²) in [5, 5.41) is 4.01. The van der Waals surface area contributed by atoms with E-state index in [9.17, 15) is 9.59 Å². The molecule has 1 aliphatic heterocycles. The molecule has 1 fully saturated rings. The van der Waals surface area contributed by atoms with Crippen LogP contribution in [0.4, 0.5) is 0 Å². The van der Waals surface area contributed by atoms with Crippen molar-refractivity contribution in [2.24, 2.45) is 0 Å². The van der Waals surface area contributed by atoms with Crippen molar-refractivity contribution in [1.29, 1.82) is 0 Å². The largest absolute Gasteiger partial charge is 0.350 e. The minimum absolute atomic E-state index is 0.0513. The summed E-state index contributed by atoms with van der Waals surface area (Å²) < 4.78 is 5.28. The van der Waals surface area contributed by atoms with Crippen LogP contribution in [0.25, 0.3) is 22.3 Å². The molecule has 150 valence electrons. The molecule has 1 aliphatic rings. The van der Waals surface area contributed by atoms with Gasteiger partial charge in [0.05, 0.1) is 17.4 Å². The highest BCUT2D eigenvalue weighted by atomic mass is 16.5. The van der Waals surface area contributed by atoms with Crippen molar-refractivity contribution < 1.29 is 14.1 Å². The Morgan fingerprint density at radius 1 is 0.900 bits per heavy atom. The molecule has 0 saturated carbocycles. The Hall–Kier alpha value is -3.94. The van der Waals surface area contributed by atoms with Gasteiger partial charge >= 0.3 is 0 Å². The van der Waals surface area contributed by atoms with Gasteiger partial charge < -0.3 is 19.3 Å². The van der Waals surface area contributed by atoms with Crippen molar-refractivity contribution in [2.75, 3.05) is 26.2 Å². The second-order valence-corrected chi connectivity index (χ2v) is 7.16. The minimum atomic E-state index is -0.212. The van der Waals surface area contributed by atoms with Crippen LogP contribution in [0.5, 0.6) is 0 Å². The van der Waals surface area contributed by atoms with Crippen molar-refractivity contribution in [1.82, 2.24) is 24.9 Å². The topological polar surface area (TPSA) is 95.3 Å². The maximum Gasteiger partial charge on any atom is 0.292 e. The predicted molar refractivity (Wildman–Crippen MR) is 110 cm³/mol. The maximum atomic E-state index is 12.8. The number of hydrogen-bond acceptors (Lipinski definition) is 5. The normalized spacial score (nSPS) is 14.3. The first-order valence-corrected chi connectivity index (χ1v) is 9.73. The summed E-state index contributed by atoms with van der Waals surface area (Å²) in [7, 11) is 0. The molecule has 1 saturated heterocycles. The minimum Gasteiger partial charge on any atom is -0.350 e. The first kappa shape index (κ1) is 18.1. The van der Waals surface area contributed by atoms with E-state index in [1.807, 2.05) is 42.5 Å². The second-order valence-electron chi connectivity index (χ2n) is 7.16. The lowest BCUT2D eigenvalue weighted by Crippen LogP contribution is -2.50. The van der Waals surface area contributed by atoms with E-state index in [0.717, 1.165) is 16.6 Å². The van der Waals surface area contributed by atoms with Gasteiger partial charge in [-0.25, -0.2) is 4.98 Å². The SMILES string of the molecule is O=C(c1ccc2nc[nH]c2c1)N1CCN(C(=O)c2cc(-c3ccccc3)no2)CC1. The van der Waals surface area contributed by atoms with Crippen LogP contribution >= 0.6 is 0 Å². The number of aromatic nitrogens is 3. The van der Waals surface area contributed by atoms with E-state index < -0.39 is 0 Å². The molecule has 2 amide bonds. The molecule has 0 aliphatic carbocycles. The van der Waals surface area contributed by atoms with Crippen LogP contribution in [0.1, 0.15) is 20.9 Å². The molecule has 30 heavy (non-hydrogen) atoms. The number of H-pyrrole nitrogens is 1. The fraction of sp³-hybridized carbons (Fsp3) is 0.182. The molecule has 0 atom stereocenters. The predicted octanol–water partition coefficient (Wildman–Crippen LogP) is 2.82. The number of nitrogens with one attached hydrogen (secondary N) is 1. The van der Waals surface area contributed by atoms with Gasteiger partial charge in [0.2, 0.25) is 5.76 Å². The fourth-order valence-corrected chi connectivity index (χ4v) is 3.64. The van der Waals surface area contributed by atoms with Gasteiger partial charge in [0.1, 0.15) is 5.69 Å².